The third-order valence-corrected chi connectivity index (χ3v) is 2.49. The van der Waals surface area contributed by atoms with Crippen LogP contribution in [0.1, 0.15) is 19.5 Å². The Bertz CT molecular complexity index is 537. The predicted octanol–water partition coefficient (Wildman–Crippen LogP) is 2.46. The zero-order valence-corrected chi connectivity index (χ0v) is 10.4. The Kier molecular flexibility index (Phi) is 3.62. The molecule has 0 radical (unpaired) electrons. The molecule has 4 nitrogen and oxygen atoms in total. The van der Waals surface area contributed by atoms with E-state index in [4.69, 9.17) is 10.5 Å². The molecule has 0 aliphatic carbocycles. The van der Waals surface area contributed by atoms with Gasteiger partial charge >= 0.3 is 0 Å². The van der Waals surface area contributed by atoms with Crippen LogP contribution in [0.3, 0.4) is 0 Å². The minimum Gasteiger partial charge on any atom is -0.488 e. The van der Waals surface area contributed by atoms with Crippen molar-refractivity contribution in [2.24, 2.45) is 5.73 Å². The van der Waals surface area contributed by atoms with Crippen LogP contribution in [0, 0.1) is 5.82 Å². The molecular weight excluding hydrogens is 233 g/mol. The second-order valence-corrected chi connectivity index (χ2v) is 4.25. The van der Waals surface area contributed by atoms with Gasteiger partial charge in [-0.15, -0.1) is 0 Å². The Balaban J connectivity index is 2.34. The maximum Gasteiger partial charge on any atom is 0.165 e. The van der Waals surface area contributed by atoms with E-state index in [1.165, 1.54) is 6.07 Å². The molecule has 1 heterocycles. The quantitative estimate of drug-likeness (QED) is 0.874. The standard InChI is InChI=1S/C13H16FN3O/c1-8(2)18-12-4-3-9(5-10(12)14)13-11(6-15)16-7-17-13/h3-5,7-8H,6,15H2,1-2H3,(H,16,17). The highest BCUT2D eigenvalue weighted by Crippen LogP contribution is 2.26. The van der Waals surface area contributed by atoms with Crippen molar-refractivity contribution in [2.45, 2.75) is 26.5 Å². The molecule has 0 aliphatic heterocycles. The van der Waals surface area contributed by atoms with Crippen molar-refractivity contribution in [3.8, 4) is 17.0 Å². The first-order valence-electron chi connectivity index (χ1n) is 5.80. The Morgan fingerprint density at radius 2 is 2.22 bits per heavy atom. The molecule has 0 saturated heterocycles. The molecule has 96 valence electrons. The number of aromatic nitrogens is 2. The van der Waals surface area contributed by atoms with Crippen LogP contribution >= 0.6 is 0 Å². The summed E-state index contributed by atoms with van der Waals surface area (Å²) in [6.45, 7) is 4.04. The van der Waals surface area contributed by atoms with Crippen LogP contribution in [0.5, 0.6) is 5.75 Å². The molecule has 0 spiro atoms. The van der Waals surface area contributed by atoms with Gasteiger partial charge in [0, 0.05) is 12.1 Å². The number of hydrogen-bond donors (Lipinski definition) is 2. The Morgan fingerprint density at radius 1 is 1.44 bits per heavy atom. The van der Waals surface area contributed by atoms with Gasteiger partial charge in [-0.1, -0.05) is 0 Å². The van der Waals surface area contributed by atoms with E-state index in [0.717, 1.165) is 5.69 Å². The number of ether oxygens (including phenoxy) is 1. The van der Waals surface area contributed by atoms with Crippen molar-refractivity contribution < 1.29 is 9.13 Å². The minimum absolute atomic E-state index is 0.0599. The first kappa shape index (κ1) is 12.6. The van der Waals surface area contributed by atoms with E-state index >= 15 is 0 Å². The van der Waals surface area contributed by atoms with Crippen LogP contribution in [0.15, 0.2) is 24.5 Å². The number of hydrogen-bond acceptors (Lipinski definition) is 3. The molecule has 0 unspecified atom stereocenters. The molecular formula is C13H16FN3O. The summed E-state index contributed by atoms with van der Waals surface area (Å²) in [5.41, 5.74) is 7.72. The first-order valence-corrected chi connectivity index (χ1v) is 5.80. The molecule has 5 heteroatoms. The summed E-state index contributed by atoms with van der Waals surface area (Å²) in [5.74, 6) is -0.147. The van der Waals surface area contributed by atoms with E-state index in [1.54, 1.807) is 18.5 Å². The van der Waals surface area contributed by atoms with Crippen molar-refractivity contribution in [3.63, 3.8) is 0 Å². The topological polar surface area (TPSA) is 63.9 Å². The van der Waals surface area contributed by atoms with Crippen LogP contribution in [0.25, 0.3) is 11.3 Å². The minimum atomic E-state index is -0.396. The Labute approximate surface area is 105 Å². The van der Waals surface area contributed by atoms with Gasteiger partial charge in [-0.25, -0.2) is 9.37 Å². The van der Waals surface area contributed by atoms with Crippen molar-refractivity contribution in [2.75, 3.05) is 0 Å². The number of H-pyrrole nitrogens is 1. The average Bonchev–Trinajstić information content (AvgIpc) is 2.79. The van der Waals surface area contributed by atoms with E-state index in [2.05, 4.69) is 9.97 Å². The fourth-order valence-corrected chi connectivity index (χ4v) is 1.72. The van der Waals surface area contributed by atoms with Gasteiger partial charge in [0.05, 0.1) is 23.8 Å². The van der Waals surface area contributed by atoms with Crippen LogP contribution < -0.4 is 10.5 Å². The molecule has 0 aliphatic rings. The third kappa shape index (κ3) is 2.51. The summed E-state index contributed by atoms with van der Waals surface area (Å²) in [6, 6.07) is 4.79. The average molecular weight is 249 g/mol. The molecule has 18 heavy (non-hydrogen) atoms. The lowest BCUT2D eigenvalue weighted by molar-refractivity contribution is 0.231. The zero-order chi connectivity index (χ0) is 13.1. The second kappa shape index (κ2) is 5.18. The van der Waals surface area contributed by atoms with Gasteiger partial charge in [-0.2, -0.15) is 0 Å². The second-order valence-electron chi connectivity index (χ2n) is 4.25. The summed E-state index contributed by atoms with van der Waals surface area (Å²) < 4.78 is 19.2. The number of nitrogens with zero attached hydrogens (tertiary/aromatic N) is 1. The summed E-state index contributed by atoms with van der Waals surface area (Å²) >= 11 is 0. The SMILES string of the molecule is CC(C)Oc1ccc(-c2nc[nH]c2CN)cc1F. The summed E-state index contributed by atoms with van der Waals surface area (Å²) in [4.78, 5) is 7.08. The van der Waals surface area contributed by atoms with Crippen molar-refractivity contribution in [1.82, 2.24) is 9.97 Å². The molecule has 0 atom stereocenters. The number of halogens is 1. The van der Waals surface area contributed by atoms with Gasteiger partial charge in [0.25, 0.3) is 0 Å². The van der Waals surface area contributed by atoms with Gasteiger partial charge in [0.2, 0.25) is 0 Å². The zero-order valence-electron chi connectivity index (χ0n) is 10.4. The summed E-state index contributed by atoms with van der Waals surface area (Å²) in [7, 11) is 0. The van der Waals surface area contributed by atoms with Crippen molar-refractivity contribution in [1.29, 1.82) is 0 Å². The molecule has 0 fully saturated rings. The monoisotopic (exact) mass is 249 g/mol. The van der Waals surface area contributed by atoms with Gasteiger partial charge in [0.15, 0.2) is 11.6 Å². The fraction of sp³-hybridized carbons (Fsp3) is 0.308. The highest BCUT2D eigenvalue weighted by molar-refractivity contribution is 5.62. The molecule has 2 aromatic rings. The molecule has 2 rings (SSSR count). The highest BCUT2D eigenvalue weighted by Gasteiger charge is 2.11. The molecule has 3 N–H and O–H groups in total. The van der Waals surface area contributed by atoms with Gasteiger partial charge in [-0.3, -0.25) is 0 Å². The van der Waals surface area contributed by atoms with E-state index in [9.17, 15) is 4.39 Å². The fourth-order valence-electron chi connectivity index (χ4n) is 1.72. The smallest absolute Gasteiger partial charge is 0.165 e. The molecule has 1 aromatic carbocycles. The largest absolute Gasteiger partial charge is 0.488 e. The molecule has 0 bridgehead atoms. The third-order valence-electron chi connectivity index (χ3n) is 2.49. The van der Waals surface area contributed by atoms with E-state index in [1.807, 2.05) is 13.8 Å². The summed E-state index contributed by atoms with van der Waals surface area (Å²) in [6.07, 6.45) is 1.49. The lowest BCUT2D eigenvalue weighted by Crippen LogP contribution is -2.07. The lowest BCUT2D eigenvalue weighted by atomic mass is 10.1. The molecule has 1 aromatic heterocycles. The molecule has 0 saturated carbocycles. The number of rotatable bonds is 4. The number of nitrogens with one attached hydrogen (secondary N) is 1. The maximum atomic E-state index is 13.8. The molecule has 0 amide bonds. The highest BCUT2D eigenvalue weighted by atomic mass is 19.1. The van der Waals surface area contributed by atoms with E-state index in [-0.39, 0.29) is 11.9 Å². The number of nitrogens with two attached hydrogens (primary N) is 1. The van der Waals surface area contributed by atoms with Gasteiger partial charge in [-0.05, 0) is 32.0 Å². The van der Waals surface area contributed by atoms with Gasteiger partial charge < -0.3 is 15.5 Å². The van der Waals surface area contributed by atoms with E-state index < -0.39 is 5.82 Å². The van der Waals surface area contributed by atoms with Crippen LogP contribution in [-0.4, -0.2) is 16.1 Å². The lowest BCUT2D eigenvalue weighted by Gasteiger charge is -2.11. The van der Waals surface area contributed by atoms with Crippen LogP contribution in [-0.2, 0) is 6.54 Å². The summed E-state index contributed by atoms with van der Waals surface area (Å²) in [5, 5.41) is 0. The predicted molar refractivity (Wildman–Crippen MR) is 67.6 cm³/mol. The number of imidazole rings is 1. The Morgan fingerprint density at radius 3 is 2.83 bits per heavy atom. The van der Waals surface area contributed by atoms with E-state index in [0.29, 0.717) is 17.8 Å². The van der Waals surface area contributed by atoms with Crippen molar-refractivity contribution >= 4 is 0 Å². The maximum absolute atomic E-state index is 13.8. The number of aromatic amines is 1. The first-order chi connectivity index (χ1) is 8.61. The Hall–Kier alpha value is -1.88. The van der Waals surface area contributed by atoms with Crippen LogP contribution in [0.2, 0.25) is 0 Å². The van der Waals surface area contributed by atoms with Gasteiger partial charge in [0.1, 0.15) is 0 Å². The number of benzene rings is 1. The normalized spacial score (nSPS) is 10.9. The van der Waals surface area contributed by atoms with Crippen molar-refractivity contribution in [3.05, 3.63) is 36.0 Å². The van der Waals surface area contributed by atoms with Crippen LogP contribution in [0.4, 0.5) is 4.39 Å².